The minimum Gasteiger partial charge on any atom is -0.121 e. The van der Waals surface area contributed by atoms with Crippen LogP contribution in [0, 0.1) is 0 Å². The maximum absolute atomic E-state index is 5.08. The number of hydrogen-bond donors (Lipinski definition) is 0. The Morgan fingerprint density at radius 2 is 2.00 bits per heavy atom. The van der Waals surface area contributed by atoms with Gasteiger partial charge in [-0.15, -0.1) is 11.6 Å². The van der Waals surface area contributed by atoms with Crippen LogP contribution in [0.25, 0.3) is 0 Å². The Bertz CT molecular complexity index is 8.00. The summed E-state index contributed by atoms with van der Waals surface area (Å²) < 4.78 is 0. The van der Waals surface area contributed by atoms with Crippen LogP contribution < -0.4 is 0 Å². The highest BCUT2D eigenvalue weighted by atomic mass is 35.7. The van der Waals surface area contributed by atoms with Gasteiger partial charge in [-0.3, -0.25) is 0 Å². The van der Waals surface area contributed by atoms with Crippen LogP contribution in [0.2, 0.25) is 0 Å². The smallest absolute Gasteiger partial charge is 0.0536 e. The Hall–Kier alpha value is 1.01. The molecule has 0 aliphatic rings. The first-order valence-electron chi connectivity index (χ1n) is 0.810. The lowest BCUT2D eigenvalue weighted by Crippen LogP contribution is -1.30. The highest BCUT2D eigenvalue weighted by Gasteiger charge is 1.61. The molecule has 0 nitrogen and oxygen atoms in total. The number of rotatable bonds is 1. The van der Waals surface area contributed by atoms with Gasteiger partial charge in [-0.1, -0.05) is 11.2 Å². The Labute approximate surface area is 37.1 Å². The molecule has 0 bridgehead atoms. The average molecular weight is 117 g/mol. The van der Waals surface area contributed by atoms with E-state index in [2.05, 4.69) is 0 Å². The van der Waals surface area contributed by atoms with Crippen LogP contribution in [0.15, 0.2) is 0 Å². The summed E-state index contributed by atoms with van der Waals surface area (Å²) in [5.74, 6) is 0. The fourth-order valence-corrected chi connectivity index (χ4v) is 0. The molecule has 0 fully saturated rings. The Morgan fingerprint density at radius 1 is 1.75 bits per heavy atom. The summed E-state index contributed by atoms with van der Waals surface area (Å²) >= 11 is 10.1. The van der Waals surface area contributed by atoms with Crippen LogP contribution in [0.1, 0.15) is 0 Å². The largest absolute Gasteiger partial charge is 0.121 e. The van der Waals surface area contributed by atoms with E-state index in [1.165, 1.54) is 0 Å². The van der Waals surface area contributed by atoms with Gasteiger partial charge in [-0.25, -0.2) is 0 Å². The third-order valence-electron chi connectivity index (χ3n) is 0.0505. The van der Waals surface area contributed by atoms with Crippen molar-refractivity contribution < 1.29 is 0 Å². The van der Waals surface area contributed by atoms with Crippen LogP contribution in [-0.4, -0.2) is 5.62 Å². The van der Waals surface area contributed by atoms with E-state index in [0.717, 1.165) is 0 Å². The van der Waals surface area contributed by atoms with Crippen molar-refractivity contribution >= 4 is 30.8 Å². The van der Waals surface area contributed by atoms with Crippen molar-refractivity contribution in [2.75, 3.05) is 5.62 Å². The zero-order chi connectivity index (χ0) is 3.41. The van der Waals surface area contributed by atoms with Crippen LogP contribution in [0.3, 0.4) is 0 Å². The van der Waals surface area contributed by atoms with E-state index in [1.54, 1.807) is 0 Å². The molecule has 0 spiro atoms. The average Bonchev–Trinajstić information content (AvgIpc) is 1.37. The molecule has 0 aliphatic heterocycles. The number of halogens is 2. The van der Waals surface area contributed by atoms with Gasteiger partial charge in [0.15, 0.2) is 0 Å². The normalized spacial score (nSPS) is 10.5. The molecule has 0 amide bonds. The maximum Gasteiger partial charge on any atom is 0.0536 e. The van der Waals surface area contributed by atoms with Gasteiger partial charge < -0.3 is 0 Å². The standard InChI is InChI=1S/CH3Cl2P/c2-1-4-3/h4H,1H2. The maximum atomic E-state index is 5.08. The Balaban J connectivity index is 1.97. The lowest BCUT2D eigenvalue weighted by Gasteiger charge is -1.63. The number of hydrogen-bond acceptors (Lipinski definition) is 0. The van der Waals surface area contributed by atoms with Gasteiger partial charge >= 0.3 is 0 Å². The zero-order valence-electron chi connectivity index (χ0n) is 1.96. The molecule has 0 aromatic rings. The molecular weight excluding hydrogens is 114 g/mol. The molecule has 0 saturated heterocycles. The second-order valence-electron chi connectivity index (χ2n) is 0.267. The summed E-state index contributed by atoms with van der Waals surface area (Å²) in [7, 11) is 0.378. The number of alkyl halides is 1. The van der Waals surface area contributed by atoms with Crippen LogP contribution in [0.4, 0.5) is 0 Å². The van der Waals surface area contributed by atoms with E-state index in [0.29, 0.717) is 13.6 Å². The van der Waals surface area contributed by atoms with Crippen molar-refractivity contribution in [1.29, 1.82) is 0 Å². The van der Waals surface area contributed by atoms with E-state index in [4.69, 9.17) is 22.8 Å². The van der Waals surface area contributed by atoms with E-state index in [1.807, 2.05) is 0 Å². The van der Waals surface area contributed by atoms with Gasteiger partial charge in [0.25, 0.3) is 0 Å². The quantitative estimate of drug-likeness (QED) is 0.364. The van der Waals surface area contributed by atoms with Crippen LogP contribution in [-0.2, 0) is 0 Å². The van der Waals surface area contributed by atoms with E-state index < -0.39 is 0 Å². The molecule has 0 N–H and O–H groups in total. The second kappa shape index (κ2) is 4.01. The van der Waals surface area contributed by atoms with E-state index in [-0.39, 0.29) is 0 Å². The molecule has 0 saturated carbocycles. The first-order chi connectivity index (χ1) is 1.91. The summed E-state index contributed by atoms with van der Waals surface area (Å²) in [6, 6.07) is 0. The monoisotopic (exact) mass is 116 g/mol. The van der Waals surface area contributed by atoms with E-state index >= 15 is 0 Å². The molecule has 3 heteroatoms. The van der Waals surface area contributed by atoms with Crippen molar-refractivity contribution in [3.63, 3.8) is 0 Å². The lowest BCUT2D eigenvalue weighted by molar-refractivity contribution is 2.25. The molecule has 1 atom stereocenters. The minimum atomic E-state index is 0.378. The van der Waals surface area contributed by atoms with Crippen molar-refractivity contribution in [3.8, 4) is 0 Å². The topological polar surface area (TPSA) is 0 Å². The highest BCUT2D eigenvalue weighted by molar-refractivity contribution is 7.69. The first kappa shape index (κ1) is 5.01. The molecule has 0 rings (SSSR count). The third-order valence-corrected chi connectivity index (χ3v) is 1.36. The minimum absolute atomic E-state index is 0.378. The molecule has 1 unspecified atom stereocenters. The molecule has 0 aromatic carbocycles. The summed E-state index contributed by atoms with van der Waals surface area (Å²) in [5.41, 5.74) is 0.585. The van der Waals surface area contributed by atoms with Crippen molar-refractivity contribution in [2.45, 2.75) is 0 Å². The molecule has 0 heterocycles. The third kappa shape index (κ3) is 3.01. The molecule has 0 aromatic heterocycles. The molecule has 0 radical (unpaired) electrons. The van der Waals surface area contributed by atoms with Gasteiger partial charge in [0.2, 0.25) is 0 Å². The summed E-state index contributed by atoms with van der Waals surface area (Å²) in [5, 5.41) is 0. The van der Waals surface area contributed by atoms with Gasteiger partial charge in [0.05, 0.1) is 5.62 Å². The molecule has 26 valence electrons. The van der Waals surface area contributed by atoms with Crippen molar-refractivity contribution in [1.82, 2.24) is 0 Å². The van der Waals surface area contributed by atoms with Gasteiger partial charge in [-0.05, 0) is 7.93 Å². The SMILES string of the molecule is ClCPCl. The summed E-state index contributed by atoms with van der Waals surface area (Å²) in [6.45, 7) is 0. The van der Waals surface area contributed by atoms with Gasteiger partial charge in [0.1, 0.15) is 0 Å². The van der Waals surface area contributed by atoms with Gasteiger partial charge in [-0.2, -0.15) is 0 Å². The van der Waals surface area contributed by atoms with Crippen LogP contribution >= 0.6 is 30.8 Å². The molecule has 4 heavy (non-hydrogen) atoms. The van der Waals surface area contributed by atoms with Crippen LogP contribution in [0.5, 0.6) is 0 Å². The van der Waals surface area contributed by atoms with E-state index in [9.17, 15) is 0 Å². The van der Waals surface area contributed by atoms with Crippen molar-refractivity contribution in [3.05, 3.63) is 0 Å². The second-order valence-corrected chi connectivity index (χ2v) is 2.41. The predicted octanol–water partition coefficient (Wildman–Crippen LogP) is 2.02. The summed E-state index contributed by atoms with van der Waals surface area (Å²) in [6.07, 6.45) is 0. The first-order valence-corrected chi connectivity index (χ1v) is 3.56. The predicted molar refractivity (Wildman–Crippen MR) is 24.9 cm³/mol. The highest BCUT2D eigenvalue weighted by Crippen LogP contribution is 2.15. The fraction of sp³-hybridized carbons (Fsp3) is 1.00. The van der Waals surface area contributed by atoms with Gasteiger partial charge in [0, 0.05) is 0 Å². The zero-order valence-corrected chi connectivity index (χ0v) is 4.47. The lowest BCUT2D eigenvalue weighted by atomic mass is 11.9. The molecular formula is CH3Cl2P. The Kier molecular flexibility index (Phi) is 5.02. The van der Waals surface area contributed by atoms with Crippen molar-refractivity contribution in [2.24, 2.45) is 0 Å². The Morgan fingerprint density at radius 3 is 2.00 bits per heavy atom. The summed E-state index contributed by atoms with van der Waals surface area (Å²) in [4.78, 5) is 0. The fourth-order valence-electron chi connectivity index (χ4n) is 0. The molecule has 0 aliphatic carbocycles.